The predicted molar refractivity (Wildman–Crippen MR) is 103 cm³/mol. The Morgan fingerprint density at radius 2 is 2.04 bits per heavy atom. The number of amides is 1. The first kappa shape index (κ1) is 17.5. The zero-order chi connectivity index (χ0) is 17.8. The van der Waals surface area contributed by atoms with Crippen LogP contribution in [0.15, 0.2) is 36.7 Å². The number of aryl methyl sites for hydroxylation is 2. The molecule has 0 spiro atoms. The SMILES string of the molecule is CCc1cccc(C)c1NC(=O)c1cncc(N2CCC(C)CC2)c1. The topological polar surface area (TPSA) is 45.2 Å². The largest absolute Gasteiger partial charge is 0.370 e. The van der Waals surface area contributed by atoms with Gasteiger partial charge in [-0.25, -0.2) is 0 Å². The summed E-state index contributed by atoms with van der Waals surface area (Å²) in [7, 11) is 0. The summed E-state index contributed by atoms with van der Waals surface area (Å²) in [4.78, 5) is 19.4. The molecule has 1 amide bonds. The number of hydrogen-bond acceptors (Lipinski definition) is 3. The monoisotopic (exact) mass is 337 g/mol. The van der Waals surface area contributed by atoms with Gasteiger partial charge in [0.25, 0.3) is 5.91 Å². The van der Waals surface area contributed by atoms with Gasteiger partial charge in [-0.1, -0.05) is 32.0 Å². The fourth-order valence-electron chi connectivity index (χ4n) is 3.38. The molecule has 25 heavy (non-hydrogen) atoms. The molecule has 1 N–H and O–H groups in total. The van der Waals surface area contributed by atoms with Crippen LogP contribution in [0, 0.1) is 12.8 Å². The quantitative estimate of drug-likeness (QED) is 0.897. The number of carbonyl (C=O) groups excluding carboxylic acids is 1. The lowest BCUT2D eigenvalue weighted by Gasteiger charge is -2.32. The van der Waals surface area contributed by atoms with Crippen molar-refractivity contribution in [2.45, 2.75) is 40.0 Å². The number of nitrogens with zero attached hydrogens (tertiary/aromatic N) is 2. The van der Waals surface area contributed by atoms with Crippen molar-refractivity contribution in [1.29, 1.82) is 0 Å². The van der Waals surface area contributed by atoms with Crippen molar-refractivity contribution in [1.82, 2.24) is 4.98 Å². The Morgan fingerprint density at radius 1 is 1.28 bits per heavy atom. The van der Waals surface area contributed by atoms with Gasteiger partial charge in [0.15, 0.2) is 0 Å². The zero-order valence-electron chi connectivity index (χ0n) is 15.4. The average Bonchev–Trinajstić information content (AvgIpc) is 2.64. The van der Waals surface area contributed by atoms with E-state index in [-0.39, 0.29) is 5.91 Å². The third-order valence-electron chi connectivity index (χ3n) is 5.11. The molecule has 0 unspecified atom stereocenters. The van der Waals surface area contributed by atoms with E-state index in [0.29, 0.717) is 5.56 Å². The third kappa shape index (κ3) is 4.01. The van der Waals surface area contributed by atoms with Gasteiger partial charge in [-0.2, -0.15) is 0 Å². The van der Waals surface area contributed by atoms with E-state index < -0.39 is 0 Å². The van der Waals surface area contributed by atoms with E-state index in [4.69, 9.17) is 0 Å². The van der Waals surface area contributed by atoms with Gasteiger partial charge in [0, 0.05) is 25.0 Å². The summed E-state index contributed by atoms with van der Waals surface area (Å²) >= 11 is 0. The summed E-state index contributed by atoms with van der Waals surface area (Å²) in [6.45, 7) is 8.49. The van der Waals surface area contributed by atoms with Crippen molar-refractivity contribution in [3.05, 3.63) is 53.3 Å². The summed E-state index contributed by atoms with van der Waals surface area (Å²) in [5, 5.41) is 3.09. The second-order valence-electron chi connectivity index (χ2n) is 7.02. The highest BCUT2D eigenvalue weighted by Crippen LogP contribution is 2.25. The molecule has 1 aliphatic rings. The first-order valence-electron chi connectivity index (χ1n) is 9.18. The second kappa shape index (κ2) is 7.68. The van der Waals surface area contributed by atoms with E-state index in [1.54, 1.807) is 6.20 Å². The number of piperidine rings is 1. The van der Waals surface area contributed by atoms with Crippen molar-refractivity contribution >= 4 is 17.3 Å². The minimum absolute atomic E-state index is 0.0938. The number of aromatic nitrogens is 1. The molecule has 1 saturated heterocycles. The fraction of sp³-hybridized carbons (Fsp3) is 0.429. The van der Waals surface area contributed by atoms with E-state index in [0.717, 1.165) is 47.9 Å². The third-order valence-corrected chi connectivity index (χ3v) is 5.11. The maximum Gasteiger partial charge on any atom is 0.257 e. The Labute approximate surface area is 150 Å². The summed E-state index contributed by atoms with van der Waals surface area (Å²) < 4.78 is 0. The van der Waals surface area contributed by atoms with E-state index in [9.17, 15) is 4.79 Å². The standard InChI is InChI=1S/C21H27N3O/c1-4-17-7-5-6-16(3)20(17)23-21(25)18-12-19(14-22-13-18)24-10-8-15(2)9-11-24/h5-7,12-15H,4,8-11H2,1-3H3,(H,23,25). The van der Waals surface area contributed by atoms with Crippen LogP contribution in [0.4, 0.5) is 11.4 Å². The minimum Gasteiger partial charge on any atom is -0.370 e. The minimum atomic E-state index is -0.0938. The first-order chi connectivity index (χ1) is 12.1. The Hall–Kier alpha value is -2.36. The maximum atomic E-state index is 12.8. The smallest absolute Gasteiger partial charge is 0.257 e. The molecule has 0 atom stereocenters. The van der Waals surface area contributed by atoms with Gasteiger partial charge in [0.1, 0.15) is 0 Å². The second-order valence-corrected chi connectivity index (χ2v) is 7.02. The number of pyridine rings is 1. The lowest BCUT2D eigenvalue weighted by Crippen LogP contribution is -2.33. The maximum absolute atomic E-state index is 12.8. The lowest BCUT2D eigenvalue weighted by molar-refractivity contribution is 0.102. The van der Waals surface area contributed by atoms with Gasteiger partial charge in [-0.15, -0.1) is 0 Å². The number of nitrogens with one attached hydrogen (secondary N) is 1. The van der Waals surface area contributed by atoms with Gasteiger partial charge in [-0.3, -0.25) is 9.78 Å². The number of rotatable bonds is 4. The molecule has 0 saturated carbocycles. The van der Waals surface area contributed by atoms with Crippen LogP contribution in [0.3, 0.4) is 0 Å². The molecule has 2 aromatic rings. The zero-order valence-corrected chi connectivity index (χ0v) is 15.4. The summed E-state index contributed by atoms with van der Waals surface area (Å²) in [6.07, 6.45) is 6.79. The Kier molecular flexibility index (Phi) is 5.37. The van der Waals surface area contributed by atoms with Gasteiger partial charge >= 0.3 is 0 Å². The highest BCUT2D eigenvalue weighted by Gasteiger charge is 2.18. The molecule has 1 fully saturated rings. The molecule has 4 nitrogen and oxygen atoms in total. The normalized spacial score (nSPS) is 15.2. The highest BCUT2D eigenvalue weighted by molar-refractivity contribution is 6.05. The van der Waals surface area contributed by atoms with Crippen LogP contribution in [0.2, 0.25) is 0 Å². The molecular weight excluding hydrogens is 310 g/mol. The van der Waals surface area contributed by atoms with Crippen LogP contribution >= 0.6 is 0 Å². The summed E-state index contributed by atoms with van der Waals surface area (Å²) in [6, 6.07) is 8.08. The number of benzene rings is 1. The fourth-order valence-corrected chi connectivity index (χ4v) is 3.38. The number of hydrogen-bond donors (Lipinski definition) is 1. The van der Waals surface area contributed by atoms with Crippen molar-refractivity contribution < 1.29 is 4.79 Å². The van der Waals surface area contributed by atoms with Crippen molar-refractivity contribution in [2.75, 3.05) is 23.3 Å². The summed E-state index contributed by atoms with van der Waals surface area (Å²) in [5.74, 6) is 0.688. The van der Waals surface area contributed by atoms with Crippen LogP contribution in [0.5, 0.6) is 0 Å². The molecule has 132 valence electrons. The summed E-state index contributed by atoms with van der Waals surface area (Å²) in [5.41, 5.74) is 4.82. The van der Waals surface area contributed by atoms with Crippen LogP contribution < -0.4 is 10.2 Å². The van der Waals surface area contributed by atoms with E-state index >= 15 is 0 Å². The Bertz CT molecular complexity index is 749. The van der Waals surface area contributed by atoms with Gasteiger partial charge < -0.3 is 10.2 Å². The van der Waals surface area contributed by atoms with Gasteiger partial charge in [-0.05, 0) is 49.3 Å². The van der Waals surface area contributed by atoms with E-state index in [2.05, 4.69) is 35.1 Å². The Morgan fingerprint density at radius 3 is 2.76 bits per heavy atom. The molecule has 1 aromatic heterocycles. The predicted octanol–water partition coefficient (Wildman–Crippen LogP) is 4.44. The van der Waals surface area contributed by atoms with Crippen molar-refractivity contribution in [3.8, 4) is 0 Å². The van der Waals surface area contributed by atoms with Crippen LogP contribution in [0.1, 0.15) is 48.2 Å². The molecule has 3 rings (SSSR count). The molecule has 0 radical (unpaired) electrons. The molecule has 1 aromatic carbocycles. The highest BCUT2D eigenvalue weighted by atomic mass is 16.1. The molecular formula is C21H27N3O. The molecule has 0 aliphatic carbocycles. The average molecular weight is 337 g/mol. The number of carbonyl (C=O) groups is 1. The van der Waals surface area contributed by atoms with Crippen molar-refractivity contribution in [3.63, 3.8) is 0 Å². The van der Waals surface area contributed by atoms with E-state index in [1.807, 2.05) is 31.3 Å². The molecule has 4 heteroatoms. The van der Waals surface area contributed by atoms with Crippen LogP contribution in [-0.2, 0) is 6.42 Å². The molecule has 2 heterocycles. The Balaban J connectivity index is 1.78. The number of anilines is 2. The van der Waals surface area contributed by atoms with Gasteiger partial charge in [0.2, 0.25) is 0 Å². The van der Waals surface area contributed by atoms with Crippen LogP contribution in [0.25, 0.3) is 0 Å². The molecule has 1 aliphatic heterocycles. The number of para-hydroxylation sites is 1. The van der Waals surface area contributed by atoms with Crippen molar-refractivity contribution in [2.24, 2.45) is 5.92 Å². The first-order valence-corrected chi connectivity index (χ1v) is 9.18. The molecule has 0 bridgehead atoms. The van der Waals surface area contributed by atoms with Crippen LogP contribution in [-0.4, -0.2) is 24.0 Å². The van der Waals surface area contributed by atoms with Gasteiger partial charge in [0.05, 0.1) is 17.4 Å². The lowest BCUT2D eigenvalue weighted by atomic mass is 9.99. The van der Waals surface area contributed by atoms with E-state index in [1.165, 1.54) is 12.8 Å².